The Morgan fingerprint density at radius 2 is 1.74 bits per heavy atom. The second kappa shape index (κ2) is 8.33. The fourth-order valence-corrected chi connectivity index (χ4v) is 7.04. The molecule has 1 saturated heterocycles. The summed E-state index contributed by atoms with van der Waals surface area (Å²) in [4.78, 5) is 17.4. The molecule has 1 N–H and O–H groups in total. The van der Waals surface area contributed by atoms with E-state index in [1.807, 2.05) is 13.8 Å². The van der Waals surface area contributed by atoms with Gasteiger partial charge in [-0.15, -0.1) is 0 Å². The fourth-order valence-electron chi connectivity index (χ4n) is 4.32. The van der Waals surface area contributed by atoms with Gasteiger partial charge >= 0.3 is 0 Å². The zero-order chi connectivity index (χ0) is 22.3. The highest BCUT2D eigenvalue weighted by atomic mass is 32.2. The monoisotopic (exact) mass is 457 g/mol. The van der Waals surface area contributed by atoms with E-state index in [0.717, 1.165) is 27.8 Å². The molecule has 2 atom stereocenters. The van der Waals surface area contributed by atoms with Crippen molar-refractivity contribution in [3.05, 3.63) is 53.1 Å². The Kier molecular flexibility index (Phi) is 5.89. The van der Waals surface area contributed by atoms with Crippen LogP contribution in [-0.2, 0) is 10.0 Å². The molecule has 1 aromatic heterocycles. The quantitative estimate of drug-likeness (QED) is 0.608. The van der Waals surface area contributed by atoms with Gasteiger partial charge in [-0.2, -0.15) is 4.31 Å². The van der Waals surface area contributed by atoms with Crippen molar-refractivity contribution in [1.82, 2.24) is 9.29 Å². The van der Waals surface area contributed by atoms with Crippen LogP contribution in [0.3, 0.4) is 0 Å². The maximum absolute atomic E-state index is 13.0. The number of aromatic nitrogens is 1. The van der Waals surface area contributed by atoms with Crippen molar-refractivity contribution in [3.8, 4) is 0 Å². The van der Waals surface area contributed by atoms with Crippen molar-refractivity contribution >= 4 is 42.6 Å². The normalized spacial score (nSPS) is 20.1. The number of hydrogen-bond acceptors (Lipinski definition) is 5. The highest BCUT2D eigenvalue weighted by Crippen LogP contribution is 2.30. The molecule has 1 aliphatic heterocycles. The van der Waals surface area contributed by atoms with Crippen molar-refractivity contribution in [2.24, 2.45) is 11.8 Å². The third kappa shape index (κ3) is 4.51. The number of carbonyl (C=O) groups is 1. The highest BCUT2D eigenvalue weighted by molar-refractivity contribution is 7.89. The molecular weight excluding hydrogens is 430 g/mol. The summed E-state index contributed by atoms with van der Waals surface area (Å²) >= 11 is 1.43. The van der Waals surface area contributed by atoms with Gasteiger partial charge in [0.15, 0.2) is 5.13 Å². The van der Waals surface area contributed by atoms with Crippen LogP contribution in [0.1, 0.15) is 41.8 Å². The van der Waals surface area contributed by atoms with E-state index in [1.165, 1.54) is 23.5 Å². The first kappa shape index (κ1) is 21.9. The van der Waals surface area contributed by atoms with Crippen LogP contribution in [0.25, 0.3) is 10.2 Å². The Morgan fingerprint density at radius 1 is 1.10 bits per heavy atom. The number of nitrogens with zero attached hydrogens (tertiary/aromatic N) is 2. The van der Waals surface area contributed by atoms with Crippen LogP contribution in [0, 0.1) is 25.7 Å². The van der Waals surface area contributed by atoms with Gasteiger partial charge in [0, 0.05) is 18.7 Å². The lowest BCUT2D eigenvalue weighted by Gasteiger charge is -2.34. The molecule has 0 aliphatic carbocycles. The topological polar surface area (TPSA) is 79.4 Å². The van der Waals surface area contributed by atoms with Gasteiger partial charge in [0.25, 0.3) is 5.91 Å². The fraction of sp³-hybridized carbons (Fsp3) is 0.391. The van der Waals surface area contributed by atoms with Gasteiger partial charge in [0.2, 0.25) is 10.0 Å². The lowest BCUT2D eigenvalue weighted by Crippen LogP contribution is -2.42. The van der Waals surface area contributed by atoms with Crippen LogP contribution in [0.15, 0.2) is 41.3 Å². The SMILES string of the molecule is Cc1cc(C)c2nc(NC(=O)c3ccc(S(=O)(=O)N4CC(C)CC(C)C4)cc3)sc2c1. The van der Waals surface area contributed by atoms with E-state index in [1.54, 1.807) is 16.4 Å². The van der Waals surface area contributed by atoms with Crippen molar-refractivity contribution in [3.63, 3.8) is 0 Å². The van der Waals surface area contributed by atoms with E-state index in [2.05, 4.69) is 36.3 Å². The van der Waals surface area contributed by atoms with Crippen LogP contribution in [0.2, 0.25) is 0 Å². The summed E-state index contributed by atoms with van der Waals surface area (Å²) in [5.74, 6) is 0.368. The highest BCUT2D eigenvalue weighted by Gasteiger charge is 2.31. The molecule has 1 aliphatic rings. The first-order valence-corrected chi connectivity index (χ1v) is 12.7. The summed E-state index contributed by atoms with van der Waals surface area (Å²) in [5.41, 5.74) is 3.51. The van der Waals surface area contributed by atoms with Gasteiger partial charge in [0.1, 0.15) is 0 Å². The van der Waals surface area contributed by atoms with E-state index < -0.39 is 10.0 Å². The molecule has 2 unspecified atom stereocenters. The number of rotatable bonds is 4. The smallest absolute Gasteiger partial charge is 0.257 e. The van der Waals surface area contributed by atoms with E-state index in [0.29, 0.717) is 35.6 Å². The number of nitrogens with one attached hydrogen (secondary N) is 1. The molecule has 8 heteroatoms. The Balaban J connectivity index is 1.51. The van der Waals surface area contributed by atoms with Gasteiger partial charge < -0.3 is 0 Å². The molecular formula is C23H27N3O3S2. The molecule has 6 nitrogen and oxygen atoms in total. The summed E-state index contributed by atoms with van der Waals surface area (Å²) in [6, 6.07) is 10.3. The molecule has 164 valence electrons. The number of piperidine rings is 1. The Morgan fingerprint density at radius 3 is 2.39 bits per heavy atom. The summed E-state index contributed by atoms with van der Waals surface area (Å²) in [6.45, 7) is 9.26. The number of aryl methyl sites for hydroxylation is 2. The van der Waals surface area contributed by atoms with Crippen LogP contribution in [-0.4, -0.2) is 36.7 Å². The minimum Gasteiger partial charge on any atom is -0.298 e. The molecule has 0 spiro atoms. The summed E-state index contributed by atoms with van der Waals surface area (Å²) in [5, 5.41) is 3.37. The number of carbonyl (C=O) groups excluding carboxylic acids is 1. The zero-order valence-corrected chi connectivity index (χ0v) is 19.8. The standard InChI is InChI=1S/C23H27N3O3S2/c1-14-10-17(4)21-20(11-14)30-23(24-21)25-22(27)18-5-7-19(8-6-18)31(28,29)26-12-15(2)9-16(3)13-26/h5-8,10-11,15-16H,9,12-13H2,1-4H3,(H,24,25,27). The van der Waals surface area contributed by atoms with Crippen molar-refractivity contribution in [2.45, 2.75) is 39.0 Å². The maximum Gasteiger partial charge on any atom is 0.257 e. The van der Waals surface area contributed by atoms with Gasteiger partial charge in [-0.05, 0) is 73.6 Å². The molecule has 1 amide bonds. The number of sulfonamides is 1. The molecule has 0 radical (unpaired) electrons. The summed E-state index contributed by atoms with van der Waals surface area (Å²) < 4.78 is 28.6. The number of amides is 1. The summed E-state index contributed by atoms with van der Waals surface area (Å²) in [6.07, 6.45) is 1.04. The molecule has 2 heterocycles. The van der Waals surface area contributed by atoms with Crippen molar-refractivity contribution in [2.75, 3.05) is 18.4 Å². The molecule has 0 bridgehead atoms. The Hall–Kier alpha value is -2.29. The molecule has 31 heavy (non-hydrogen) atoms. The average Bonchev–Trinajstić information content (AvgIpc) is 3.10. The van der Waals surface area contributed by atoms with Crippen molar-refractivity contribution in [1.29, 1.82) is 0 Å². The Labute approximate surface area is 187 Å². The number of fused-ring (bicyclic) bond motifs is 1. The number of anilines is 1. The van der Waals surface area contributed by atoms with E-state index in [9.17, 15) is 13.2 Å². The largest absolute Gasteiger partial charge is 0.298 e. The van der Waals surface area contributed by atoms with E-state index in [4.69, 9.17) is 0 Å². The Bertz CT molecular complexity index is 1220. The average molecular weight is 458 g/mol. The lowest BCUT2D eigenvalue weighted by molar-refractivity contribution is 0.102. The van der Waals surface area contributed by atoms with Gasteiger partial charge in [0.05, 0.1) is 15.1 Å². The number of thiazole rings is 1. The third-order valence-electron chi connectivity index (χ3n) is 5.64. The summed E-state index contributed by atoms with van der Waals surface area (Å²) in [7, 11) is -3.56. The lowest BCUT2D eigenvalue weighted by atomic mass is 9.94. The molecule has 0 saturated carbocycles. The van der Waals surface area contributed by atoms with E-state index >= 15 is 0 Å². The number of benzene rings is 2. The minimum atomic E-state index is -3.56. The van der Waals surface area contributed by atoms with Crippen LogP contribution in [0.5, 0.6) is 0 Å². The zero-order valence-electron chi connectivity index (χ0n) is 18.2. The molecule has 4 rings (SSSR count). The van der Waals surface area contributed by atoms with Crippen LogP contribution in [0.4, 0.5) is 5.13 Å². The maximum atomic E-state index is 13.0. The van der Waals surface area contributed by atoms with Gasteiger partial charge in [-0.1, -0.05) is 31.3 Å². The van der Waals surface area contributed by atoms with Crippen LogP contribution >= 0.6 is 11.3 Å². The third-order valence-corrected chi connectivity index (χ3v) is 8.40. The predicted octanol–water partition coefficient (Wildman–Crippen LogP) is 4.83. The first-order valence-electron chi connectivity index (χ1n) is 10.4. The van der Waals surface area contributed by atoms with Crippen LogP contribution < -0.4 is 5.32 Å². The second-order valence-corrected chi connectivity index (χ2v) is 11.7. The van der Waals surface area contributed by atoms with Gasteiger partial charge in [-0.25, -0.2) is 13.4 Å². The minimum absolute atomic E-state index is 0.219. The molecule has 1 fully saturated rings. The molecule has 2 aromatic carbocycles. The molecule has 3 aromatic rings. The van der Waals surface area contributed by atoms with E-state index in [-0.39, 0.29) is 10.8 Å². The second-order valence-electron chi connectivity index (χ2n) is 8.69. The van der Waals surface area contributed by atoms with Crippen molar-refractivity contribution < 1.29 is 13.2 Å². The predicted molar refractivity (Wildman–Crippen MR) is 125 cm³/mol. The number of hydrogen-bond donors (Lipinski definition) is 1. The first-order chi connectivity index (χ1) is 14.6. The van der Waals surface area contributed by atoms with Gasteiger partial charge in [-0.3, -0.25) is 10.1 Å².